The Balaban J connectivity index is 3.32. The van der Waals surface area contributed by atoms with Crippen LogP contribution in [0.5, 0.6) is 11.5 Å². The summed E-state index contributed by atoms with van der Waals surface area (Å²) in [6.45, 7) is 1.79. The van der Waals surface area contributed by atoms with Crippen LogP contribution in [0.15, 0.2) is 12.1 Å². The maximum absolute atomic E-state index is 8.85. The molecule has 0 bridgehead atoms. The number of hydrogen-bond acceptors (Lipinski definition) is 3. The smallest absolute Gasteiger partial charge is 0.145 e. The highest BCUT2D eigenvalue weighted by molar-refractivity contribution is 6.33. The maximum Gasteiger partial charge on any atom is 0.145 e. The summed E-state index contributed by atoms with van der Waals surface area (Å²) in [6, 6.07) is 5.66. The van der Waals surface area contributed by atoms with Crippen molar-refractivity contribution < 1.29 is 9.47 Å². The number of methoxy groups -OCH3 is 2. The summed E-state index contributed by atoms with van der Waals surface area (Å²) < 4.78 is 10.2. The van der Waals surface area contributed by atoms with Crippen LogP contribution in [0.4, 0.5) is 0 Å². The van der Waals surface area contributed by atoms with E-state index < -0.39 is 0 Å². The molecular weight excluding hydrogens is 214 g/mol. The van der Waals surface area contributed by atoms with E-state index in [9.17, 15) is 0 Å². The van der Waals surface area contributed by atoms with Crippen molar-refractivity contribution in [3.8, 4) is 17.6 Å². The summed E-state index contributed by atoms with van der Waals surface area (Å²) in [7, 11) is 3.06. The Morgan fingerprint density at radius 3 is 2.47 bits per heavy atom. The van der Waals surface area contributed by atoms with Crippen LogP contribution in [-0.4, -0.2) is 14.2 Å². The zero-order chi connectivity index (χ0) is 11.4. The van der Waals surface area contributed by atoms with Crippen LogP contribution in [0.1, 0.15) is 18.4 Å². The van der Waals surface area contributed by atoms with Crippen LogP contribution < -0.4 is 9.47 Å². The lowest BCUT2D eigenvalue weighted by atomic mass is 10.0. The molecule has 1 atom stereocenters. The zero-order valence-electron chi connectivity index (χ0n) is 8.87. The van der Waals surface area contributed by atoms with Crippen LogP contribution in [-0.2, 0) is 0 Å². The molecule has 0 spiro atoms. The number of benzene rings is 1. The second kappa shape index (κ2) is 4.90. The number of nitrogens with zero attached hydrogens (tertiary/aromatic N) is 1. The van der Waals surface area contributed by atoms with E-state index in [0.29, 0.717) is 16.5 Å². The number of ether oxygens (including phenoxy) is 2. The van der Waals surface area contributed by atoms with Crippen molar-refractivity contribution in [2.75, 3.05) is 14.2 Å². The Morgan fingerprint density at radius 1 is 1.33 bits per heavy atom. The topological polar surface area (TPSA) is 42.2 Å². The monoisotopic (exact) mass is 225 g/mol. The van der Waals surface area contributed by atoms with Crippen molar-refractivity contribution in [1.29, 1.82) is 5.26 Å². The largest absolute Gasteiger partial charge is 0.495 e. The molecule has 1 rings (SSSR count). The third-order valence-corrected chi connectivity index (χ3v) is 2.53. The average molecular weight is 226 g/mol. The van der Waals surface area contributed by atoms with Crippen LogP contribution in [0, 0.1) is 11.3 Å². The van der Waals surface area contributed by atoms with Gasteiger partial charge < -0.3 is 9.47 Å². The van der Waals surface area contributed by atoms with Gasteiger partial charge in [0.25, 0.3) is 0 Å². The second-order valence-corrected chi connectivity index (χ2v) is 3.43. The molecule has 1 unspecified atom stereocenters. The van der Waals surface area contributed by atoms with Crippen molar-refractivity contribution in [2.45, 2.75) is 12.8 Å². The SMILES string of the molecule is COc1ccc(C(C)C#N)c(OC)c1Cl. The lowest BCUT2D eigenvalue weighted by Crippen LogP contribution is -1.97. The molecule has 0 aliphatic heterocycles. The summed E-state index contributed by atoms with van der Waals surface area (Å²) in [5, 5.41) is 9.25. The van der Waals surface area contributed by atoms with Gasteiger partial charge in [0.05, 0.1) is 26.2 Å². The fourth-order valence-electron chi connectivity index (χ4n) is 1.33. The normalized spacial score (nSPS) is 11.7. The van der Waals surface area contributed by atoms with Gasteiger partial charge in [0, 0.05) is 5.56 Å². The number of hydrogen-bond donors (Lipinski definition) is 0. The van der Waals surface area contributed by atoms with Gasteiger partial charge in [-0.1, -0.05) is 17.7 Å². The molecule has 0 saturated heterocycles. The maximum atomic E-state index is 8.85. The van der Waals surface area contributed by atoms with E-state index in [1.165, 1.54) is 14.2 Å². The Labute approximate surface area is 94.2 Å². The third-order valence-electron chi connectivity index (χ3n) is 2.18. The first-order chi connectivity index (χ1) is 7.15. The van der Waals surface area contributed by atoms with E-state index in [0.717, 1.165) is 5.56 Å². The zero-order valence-corrected chi connectivity index (χ0v) is 9.63. The van der Waals surface area contributed by atoms with Gasteiger partial charge in [-0.2, -0.15) is 5.26 Å². The summed E-state index contributed by atoms with van der Waals surface area (Å²) in [4.78, 5) is 0. The molecule has 0 aliphatic carbocycles. The van der Waals surface area contributed by atoms with Crippen molar-refractivity contribution >= 4 is 11.6 Å². The minimum Gasteiger partial charge on any atom is -0.495 e. The Morgan fingerprint density at radius 2 is 2.00 bits per heavy atom. The molecule has 80 valence electrons. The quantitative estimate of drug-likeness (QED) is 0.794. The standard InChI is InChI=1S/C11H12ClNO2/c1-7(6-13)8-4-5-9(14-2)10(12)11(8)15-3/h4-5,7H,1-3H3. The molecule has 0 aromatic heterocycles. The van der Waals surface area contributed by atoms with Crippen LogP contribution in [0.2, 0.25) is 5.02 Å². The Kier molecular flexibility index (Phi) is 3.81. The van der Waals surface area contributed by atoms with Crippen molar-refractivity contribution in [3.63, 3.8) is 0 Å². The fraction of sp³-hybridized carbons (Fsp3) is 0.364. The lowest BCUT2D eigenvalue weighted by molar-refractivity contribution is 0.391. The first-order valence-electron chi connectivity index (χ1n) is 4.45. The lowest BCUT2D eigenvalue weighted by Gasteiger charge is -2.13. The molecule has 4 heteroatoms. The van der Waals surface area contributed by atoms with E-state index in [-0.39, 0.29) is 5.92 Å². The number of rotatable bonds is 3. The molecule has 0 fully saturated rings. The van der Waals surface area contributed by atoms with Gasteiger partial charge >= 0.3 is 0 Å². The molecule has 0 amide bonds. The van der Waals surface area contributed by atoms with E-state index >= 15 is 0 Å². The molecule has 0 N–H and O–H groups in total. The summed E-state index contributed by atoms with van der Waals surface area (Å²) in [5.74, 6) is 0.788. The highest BCUT2D eigenvalue weighted by Gasteiger charge is 2.16. The molecule has 1 aromatic carbocycles. The van der Waals surface area contributed by atoms with Crippen LogP contribution >= 0.6 is 11.6 Å². The first-order valence-corrected chi connectivity index (χ1v) is 4.83. The van der Waals surface area contributed by atoms with Gasteiger partial charge in [-0.3, -0.25) is 0 Å². The molecule has 0 aliphatic rings. The van der Waals surface area contributed by atoms with Gasteiger partial charge in [0.15, 0.2) is 0 Å². The van der Waals surface area contributed by atoms with Gasteiger partial charge in [0.1, 0.15) is 16.5 Å². The Bertz CT molecular complexity index is 398. The van der Waals surface area contributed by atoms with E-state index in [1.807, 2.05) is 0 Å². The predicted octanol–water partition coefficient (Wildman–Crippen LogP) is 2.98. The fourth-order valence-corrected chi connectivity index (χ4v) is 1.65. The molecule has 15 heavy (non-hydrogen) atoms. The average Bonchev–Trinajstić information content (AvgIpc) is 2.27. The third kappa shape index (κ3) is 2.16. The van der Waals surface area contributed by atoms with Gasteiger partial charge in [-0.15, -0.1) is 0 Å². The minimum absolute atomic E-state index is 0.261. The van der Waals surface area contributed by atoms with Gasteiger partial charge in [-0.25, -0.2) is 0 Å². The molecule has 0 radical (unpaired) electrons. The number of halogens is 1. The second-order valence-electron chi connectivity index (χ2n) is 3.06. The highest BCUT2D eigenvalue weighted by Crippen LogP contribution is 2.39. The van der Waals surface area contributed by atoms with Gasteiger partial charge in [-0.05, 0) is 13.0 Å². The molecule has 1 aromatic rings. The molecule has 3 nitrogen and oxygen atoms in total. The van der Waals surface area contributed by atoms with Gasteiger partial charge in [0.2, 0.25) is 0 Å². The molecule has 0 saturated carbocycles. The summed E-state index contributed by atoms with van der Waals surface area (Å²) in [5.41, 5.74) is 0.769. The molecular formula is C11H12ClNO2. The minimum atomic E-state index is -0.261. The van der Waals surface area contributed by atoms with E-state index in [4.69, 9.17) is 26.3 Å². The first kappa shape index (κ1) is 11.7. The van der Waals surface area contributed by atoms with Crippen molar-refractivity contribution in [1.82, 2.24) is 0 Å². The Hall–Kier alpha value is -1.40. The van der Waals surface area contributed by atoms with E-state index in [2.05, 4.69) is 6.07 Å². The van der Waals surface area contributed by atoms with Crippen molar-refractivity contribution in [2.24, 2.45) is 0 Å². The van der Waals surface area contributed by atoms with Crippen LogP contribution in [0.3, 0.4) is 0 Å². The predicted molar refractivity (Wildman–Crippen MR) is 58.6 cm³/mol. The molecule has 0 heterocycles. The van der Waals surface area contributed by atoms with Crippen LogP contribution in [0.25, 0.3) is 0 Å². The van der Waals surface area contributed by atoms with E-state index in [1.54, 1.807) is 19.1 Å². The van der Waals surface area contributed by atoms with Crippen molar-refractivity contribution in [3.05, 3.63) is 22.7 Å². The summed E-state index contributed by atoms with van der Waals surface area (Å²) in [6.07, 6.45) is 0. The highest BCUT2D eigenvalue weighted by atomic mass is 35.5. The number of nitriles is 1. The summed E-state index contributed by atoms with van der Waals surface area (Å²) >= 11 is 6.06.